The molecule has 3 N–H and O–H groups in total. The van der Waals surface area contributed by atoms with Crippen molar-refractivity contribution < 1.29 is 4.79 Å². The molecule has 1 amide bonds. The maximum Gasteiger partial charge on any atom is 0.237 e. The number of nitrogens with two attached hydrogens (primary N) is 1. The van der Waals surface area contributed by atoms with E-state index in [2.05, 4.69) is 11.2 Å². The first kappa shape index (κ1) is 13.0. The molecule has 0 radical (unpaired) electrons. The van der Waals surface area contributed by atoms with Crippen LogP contribution < -0.4 is 11.1 Å². The summed E-state index contributed by atoms with van der Waals surface area (Å²) in [7, 11) is 0. The van der Waals surface area contributed by atoms with E-state index in [0.29, 0.717) is 6.42 Å². The zero-order chi connectivity index (χ0) is 11.0. The Balaban J connectivity index is 3.96. The molecule has 0 fully saturated rings. The Morgan fingerprint density at radius 1 is 1.43 bits per heavy atom. The van der Waals surface area contributed by atoms with E-state index < -0.39 is 6.04 Å². The molecule has 2 atom stereocenters. The van der Waals surface area contributed by atoms with Crippen molar-refractivity contribution in [3.63, 3.8) is 0 Å². The molecular weight excluding hydrogens is 176 g/mol. The third-order valence-corrected chi connectivity index (χ3v) is 2.03. The predicted molar refractivity (Wildman–Crippen MR) is 58.6 cm³/mol. The van der Waals surface area contributed by atoms with Gasteiger partial charge in [0.15, 0.2) is 0 Å². The van der Waals surface area contributed by atoms with Crippen LogP contribution in [-0.2, 0) is 4.79 Å². The Labute approximate surface area is 86.4 Å². The first-order valence-electron chi connectivity index (χ1n) is 5.17. The highest BCUT2D eigenvalue weighted by atomic mass is 16.2. The monoisotopic (exact) mass is 196 g/mol. The van der Waals surface area contributed by atoms with Gasteiger partial charge in [0.2, 0.25) is 5.91 Å². The summed E-state index contributed by atoms with van der Waals surface area (Å²) >= 11 is 0. The second kappa shape index (κ2) is 7.40. The van der Waals surface area contributed by atoms with Crippen LogP contribution in [-0.4, -0.2) is 18.0 Å². The molecule has 0 aliphatic carbocycles. The van der Waals surface area contributed by atoms with Crippen LogP contribution in [0.5, 0.6) is 0 Å². The van der Waals surface area contributed by atoms with E-state index in [9.17, 15) is 4.79 Å². The van der Waals surface area contributed by atoms with Gasteiger partial charge in [-0.2, -0.15) is 0 Å². The zero-order valence-electron chi connectivity index (χ0n) is 9.05. The Morgan fingerprint density at radius 2 is 2.00 bits per heavy atom. The molecule has 80 valence electrons. The average Bonchev–Trinajstić information content (AvgIpc) is 2.17. The number of hydrogen-bond acceptors (Lipinski definition) is 2. The summed E-state index contributed by atoms with van der Waals surface area (Å²) in [5.41, 5.74) is 5.65. The molecule has 0 aromatic rings. The lowest BCUT2D eigenvalue weighted by Crippen LogP contribution is -2.44. The standard InChI is InChI=1S/C11H20N2O/c1-4-7-9(6-3)13-11(14)10(12)8-5-2/h3,9-10H,4-5,7-8,12H2,1-2H3,(H,13,14)/t9?,10-/m1/s1. The topological polar surface area (TPSA) is 55.1 Å². The van der Waals surface area contributed by atoms with Gasteiger partial charge in [-0.25, -0.2) is 0 Å². The van der Waals surface area contributed by atoms with Crippen LogP contribution in [0.15, 0.2) is 0 Å². The van der Waals surface area contributed by atoms with Crippen molar-refractivity contribution in [3.8, 4) is 12.3 Å². The molecule has 0 saturated heterocycles. The van der Waals surface area contributed by atoms with E-state index >= 15 is 0 Å². The lowest BCUT2D eigenvalue weighted by molar-refractivity contribution is -0.122. The molecule has 0 bridgehead atoms. The number of hydrogen-bond donors (Lipinski definition) is 2. The van der Waals surface area contributed by atoms with Crippen molar-refractivity contribution in [2.75, 3.05) is 0 Å². The highest BCUT2D eigenvalue weighted by Crippen LogP contribution is 1.98. The molecule has 3 nitrogen and oxygen atoms in total. The molecule has 14 heavy (non-hydrogen) atoms. The molecule has 0 aromatic heterocycles. The Hall–Kier alpha value is -1.01. The minimum atomic E-state index is -0.423. The fraction of sp³-hybridized carbons (Fsp3) is 0.727. The van der Waals surface area contributed by atoms with Gasteiger partial charge in [-0.15, -0.1) is 6.42 Å². The normalized spacial score (nSPS) is 14.1. The van der Waals surface area contributed by atoms with E-state index in [-0.39, 0.29) is 11.9 Å². The quantitative estimate of drug-likeness (QED) is 0.623. The van der Waals surface area contributed by atoms with Crippen molar-refractivity contribution in [2.45, 2.75) is 51.6 Å². The van der Waals surface area contributed by atoms with Gasteiger partial charge in [0.05, 0.1) is 12.1 Å². The predicted octanol–water partition coefficient (Wildman–Crippen LogP) is 1.03. The SMILES string of the molecule is C#CC(CCC)NC(=O)[C@H](N)CCC. The zero-order valence-corrected chi connectivity index (χ0v) is 9.05. The molecule has 0 saturated carbocycles. The Morgan fingerprint density at radius 3 is 2.43 bits per heavy atom. The summed E-state index contributed by atoms with van der Waals surface area (Å²) in [5.74, 6) is 2.41. The highest BCUT2D eigenvalue weighted by molar-refractivity contribution is 5.82. The minimum absolute atomic E-state index is 0.136. The average molecular weight is 196 g/mol. The van der Waals surface area contributed by atoms with Crippen LogP contribution in [0.1, 0.15) is 39.5 Å². The van der Waals surface area contributed by atoms with E-state index in [1.165, 1.54) is 0 Å². The number of carbonyl (C=O) groups is 1. The van der Waals surface area contributed by atoms with Gasteiger partial charge in [0.25, 0.3) is 0 Å². The van der Waals surface area contributed by atoms with Gasteiger partial charge in [-0.3, -0.25) is 4.79 Å². The van der Waals surface area contributed by atoms with Crippen LogP contribution in [0, 0.1) is 12.3 Å². The van der Waals surface area contributed by atoms with Crippen LogP contribution in [0.2, 0.25) is 0 Å². The van der Waals surface area contributed by atoms with Gasteiger partial charge in [0.1, 0.15) is 0 Å². The molecular formula is C11H20N2O. The fourth-order valence-electron chi connectivity index (χ4n) is 1.21. The lowest BCUT2D eigenvalue weighted by atomic mass is 10.1. The first-order chi connectivity index (χ1) is 6.65. The van der Waals surface area contributed by atoms with Crippen LogP contribution in [0.3, 0.4) is 0 Å². The first-order valence-corrected chi connectivity index (χ1v) is 5.17. The molecule has 0 aliphatic heterocycles. The summed E-state index contributed by atoms with van der Waals surface area (Å²) in [4.78, 5) is 11.4. The van der Waals surface area contributed by atoms with Crippen molar-refractivity contribution in [3.05, 3.63) is 0 Å². The van der Waals surface area contributed by atoms with Crippen molar-refractivity contribution in [1.29, 1.82) is 0 Å². The Bertz CT molecular complexity index is 208. The lowest BCUT2D eigenvalue weighted by Gasteiger charge is -2.15. The summed E-state index contributed by atoms with van der Waals surface area (Å²) in [6.45, 7) is 4.03. The second-order valence-corrected chi connectivity index (χ2v) is 3.41. The van der Waals surface area contributed by atoms with Gasteiger partial charge >= 0.3 is 0 Å². The third-order valence-electron chi connectivity index (χ3n) is 2.03. The number of rotatable bonds is 6. The molecule has 0 rings (SSSR count). The molecule has 0 spiro atoms. The van der Waals surface area contributed by atoms with Gasteiger partial charge in [0, 0.05) is 0 Å². The maximum atomic E-state index is 11.4. The van der Waals surface area contributed by atoms with Gasteiger partial charge in [-0.1, -0.05) is 32.6 Å². The summed E-state index contributed by atoms with van der Waals surface area (Å²) in [6.07, 6.45) is 8.65. The van der Waals surface area contributed by atoms with Gasteiger partial charge < -0.3 is 11.1 Å². The third kappa shape index (κ3) is 4.88. The van der Waals surface area contributed by atoms with E-state index in [1.54, 1.807) is 0 Å². The summed E-state index contributed by atoms with van der Waals surface area (Å²) in [5, 5.41) is 2.75. The molecule has 0 aromatic carbocycles. The van der Waals surface area contributed by atoms with Crippen molar-refractivity contribution >= 4 is 5.91 Å². The van der Waals surface area contributed by atoms with Crippen LogP contribution in [0.4, 0.5) is 0 Å². The van der Waals surface area contributed by atoms with Crippen LogP contribution >= 0.6 is 0 Å². The summed E-state index contributed by atoms with van der Waals surface area (Å²) in [6, 6.07) is -0.594. The van der Waals surface area contributed by atoms with Gasteiger partial charge in [-0.05, 0) is 12.8 Å². The number of nitrogens with one attached hydrogen (secondary N) is 1. The summed E-state index contributed by atoms with van der Waals surface area (Å²) < 4.78 is 0. The molecule has 0 heterocycles. The number of terminal acetylenes is 1. The number of amides is 1. The number of carbonyl (C=O) groups excluding carboxylic acids is 1. The van der Waals surface area contributed by atoms with Crippen molar-refractivity contribution in [1.82, 2.24) is 5.32 Å². The van der Waals surface area contributed by atoms with E-state index in [1.807, 2.05) is 13.8 Å². The fourth-order valence-corrected chi connectivity index (χ4v) is 1.21. The second-order valence-electron chi connectivity index (χ2n) is 3.41. The largest absolute Gasteiger partial charge is 0.341 e. The van der Waals surface area contributed by atoms with Crippen LogP contribution in [0.25, 0.3) is 0 Å². The smallest absolute Gasteiger partial charge is 0.237 e. The van der Waals surface area contributed by atoms with E-state index in [0.717, 1.165) is 19.3 Å². The maximum absolute atomic E-state index is 11.4. The minimum Gasteiger partial charge on any atom is -0.341 e. The molecule has 3 heteroatoms. The Kier molecular flexibility index (Phi) is 6.87. The van der Waals surface area contributed by atoms with Crippen molar-refractivity contribution in [2.24, 2.45) is 5.73 Å². The molecule has 1 unspecified atom stereocenters. The highest BCUT2D eigenvalue weighted by Gasteiger charge is 2.14. The molecule has 0 aliphatic rings. The van der Waals surface area contributed by atoms with E-state index in [4.69, 9.17) is 12.2 Å².